The van der Waals surface area contributed by atoms with Crippen LogP contribution < -0.4 is 0 Å². The van der Waals surface area contributed by atoms with Gasteiger partial charge in [0.25, 0.3) is 0 Å². The minimum Gasteiger partial charge on any atom is -0.460 e. The molecule has 0 unspecified atom stereocenters. The average Bonchev–Trinajstić information content (AvgIpc) is 2.43. The van der Waals surface area contributed by atoms with Crippen molar-refractivity contribution in [2.45, 2.75) is 73.8 Å². The summed E-state index contributed by atoms with van der Waals surface area (Å²) >= 11 is 0. The highest BCUT2D eigenvalue weighted by Gasteiger charge is 2.24. The molecular weight excluding hydrogens is 296 g/mol. The first kappa shape index (κ1) is 20.5. The summed E-state index contributed by atoms with van der Waals surface area (Å²) in [5, 5.41) is 0. The second kappa shape index (κ2) is 7.55. The lowest BCUT2D eigenvalue weighted by molar-refractivity contribution is -0.154. The Morgan fingerprint density at radius 1 is 1.12 bits per heavy atom. The van der Waals surface area contributed by atoms with E-state index in [1.165, 1.54) is 16.7 Å². The third kappa shape index (κ3) is 5.81. The van der Waals surface area contributed by atoms with E-state index < -0.39 is 5.41 Å². The molecule has 1 aromatic rings. The molecule has 24 heavy (non-hydrogen) atoms. The van der Waals surface area contributed by atoms with E-state index in [4.69, 9.17) is 4.74 Å². The van der Waals surface area contributed by atoms with E-state index in [9.17, 15) is 4.79 Å². The van der Waals surface area contributed by atoms with Crippen molar-refractivity contribution >= 4 is 5.97 Å². The van der Waals surface area contributed by atoms with Crippen molar-refractivity contribution in [3.8, 4) is 0 Å². The van der Waals surface area contributed by atoms with Crippen molar-refractivity contribution in [1.29, 1.82) is 0 Å². The largest absolute Gasteiger partial charge is 0.460 e. The maximum Gasteiger partial charge on any atom is 0.311 e. The predicted octanol–water partition coefficient (Wildman–Crippen LogP) is 5.83. The monoisotopic (exact) mass is 330 g/mol. The molecule has 0 radical (unpaired) electrons. The maximum absolute atomic E-state index is 12.1. The summed E-state index contributed by atoms with van der Waals surface area (Å²) in [6, 6.07) is 6.47. The molecule has 0 bridgehead atoms. The third-order valence-electron chi connectivity index (χ3n) is 4.20. The van der Waals surface area contributed by atoms with Crippen molar-refractivity contribution in [2.24, 2.45) is 11.3 Å². The predicted molar refractivity (Wildman–Crippen MR) is 102 cm³/mol. The summed E-state index contributed by atoms with van der Waals surface area (Å²) in [6.45, 7) is 21.1. The fourth-order valence-electron chi connectivity index (χ4n) is 2.38. The van der Waals surface area contributed by atoms with Gasteiger partial charge in [0.15, 0.2) is 0 Å². The van der Waals surface area contributed by atoms with E-state index in [-0.39, 0.29) is 11.4 Å². The van der Waals surface area contributed by atoms with Gasteiger partial charge in [-0.15, -0.1) is 0 Å². The second-order valence-electron chi connectivity index (χ2n) is 9.06. The molecular formula is C22H34O2. The Kier molecular flexibility index (Phi) is 6.44. The van der Waals surface area contributed by atoms with E-state index in [0.717, 1.165) is 12.0 Å². The van der Waals surface area contributed by atoms with Gasteiger partial charge in [0.2, 0.25) is 0 Å². The Morgan fingerprint density at radius 3 is 2.17 bits per heavy atom. The molecule has 134 valence electrons. The van der Waals surface area contributed by atoms with E-state index in [0.29, 0.717) is 12.5 Å². The van der Waals surface area contributed by atoms with Crippen LogP contribution in [-0.4, -0.2) is 5.97 Å². The van der Waals surface area contributed by atoms with Crippen LogP contribution in [0, 0.1) is 11.3 Å². The highest BCUT2D eigenvalue weighted by molar-refractivity contribution is 5.75. The van der Waals surface area contributed by atoms with E-state index in [1.807, 2.05) is 20.8 Å². The topological polar surface area (TPSA) is 26.3 Å². The van der Waals surface area contributed by atoms with Crippen LogP contribution in [0.5, 0.6) is 0 Å². The molecule has 1 aromatic carbocycles. The number of carbonyl (C=O) groups is 1. The van der Waals surface area contributed by atoms with Gasteiger partial charge < -0.3 is 4.74 Å². The third-order valence-corrected chi connectivity index (χ3v) is 4.20. The normalized spacial score (nSPS) is 12.4. The summed E-state index contributed by atoms with van der Waals surface area (Å²) in [7, 11) is 0. The summed E-state index contributed by atoms with van der Waals surface area (Å²) in [5.41, 5.74) is 4.35. The smallest absolute Gasteiger partial charge is 0.311 e. The first-order chi connectivity index (χ1) is 10.8. The average molecular weight is 331 g/mol. The van der Waals surface area contributed by atoms with Gasteiger partial charge in [0, 0.05) is 0 Å². The molecule has 0 spiro atoms. The number of ether oxygens (including phenoxy) is 1. The fraction of sp³-hybridized carbons (Fsp3) is 0.591. The molecule has 0 aliphatic rings. The first-order valence-corrected chi connectivity index (χ1v) is 8.79. The maximum atomic E-state index is 12.1. The van der Waals surface area contributed by atoms with Crippen LogP contribution in [0.4, 0.5) is 0 Å². The summed E-state index contributed by atoms with van der Waals surface area (Å²) < 4.78 is 5.53. The van der Waals surface area contributed by atoms with E-state index >= 15 is 0 Å². The molecule has 1 rings (SSSR count). The molecule has 2 heteroatoms. The Bertz CT molecular complexity index is 595. The number of esters is 1. The van der Waals surface area contributed by atoms with Crippen LogP contribution in [0.2, 0.25) is 0 Å². The standard InChI is InChI=1S/C22H34O2/c1-15(2)16(3)12-17-10-11-18(19(13-17)21(4,5)6)14-24-20(23)22(7,8)9/h10-11,13,15H,3,12,14H2,1-2,4-9H3. The second-order valence-corrected chi connectivity index (χ2v) is 9.06. The lowest BCUT2D eigenvalue weighted by atomic mass is 9.82. The van der Waals surface area contributed by atoms with Gasteiger partial charge in [-0.2, -0.15) is 0 Å². The Labute approximate surface area is 148 Å². The van der Waals surface area contributed by atoms with E-state index in [2.05, 4.69) is 59.4 Å². The van der Waals surface area contributed by atoms with Crippen molar-refractivity contribution in [2.75, 3.05) is 0 Å². The molecule has 0 aliphatic carbocycles. The lowest BCUT2D eigenvalue weighted by Gasteiger charge is -2.25. The zero-order chi connectivity index (χ0) is 18.7. The zero-order valence-electron chi connectivity index (χ0n) is 16.7. The van der Waals surface area contributed by atoms with Gasteiger partial charge in [-0.1, -0.05) is 65.0 Å². The number of hydrogen-bond donors (Lipinski definition) is 0. The quantitative estimate of drug-likeness (QED) is 0.501. The van der Waals surface area contributed by atoms with Gasteiger partial charge in [0.05, 0.1) is 5.41 Å². The van der Waals surface area contributed by atoms with Gasteiger partial charge in [-0.25, -0.2) is 0 Å². The van der Waals surface area contributed by atoms with Gasteiger partial charge in [0.1, 0.15) is 6.61 Å². The minimum absolute atomic E-state index is 0.00134. The van der Waals surface area contributed by atoms with Crippen LogP contribution in [0.3, 0.4) is 0 Å². The molecule has 0 heterocycles. The van der Waals surface area contributed by atoms with Crippen LogP contribution in [0.15, 0.2) is 30.4 Å². The Morgan fingerprint density at radius 2 is 1.71 bits per heavy atom. The fourth-order valence-corrected chi connectivity index (χ4v) is 2.38. The molecule has 2 nitrogen and oxygen atoms in total. The minimum atomic E-state index is -0.475. The number of hydrogen-bond acceptors (Lipinski definition) is 2. The molecule has 0 N–H and O–H groups in total. The summed E-state index contributed by atoms with van der Waals surface area (Å²) in [6.07, 6.45) is 0.892. The molecule has 0 aliphatic heterocycles. The Hall–Kier alpha value is -1.57. The van der Waals surface area contributed by atoms with Gasteiger partial charge in [-0.05, 0) is 55.2 Å². The van der Waals surface area contributed by atoms with Crippen molar-refractivity contribution < 1.29 is 9.53 Å². The van der Waals surface area contributed by atoms with Crippen LogP contribution in [0.25, 0.3) is 0 Å². The molecule has 0 saturated heterocycles. The van der Waals surface area contributed by atoms with Crippen LogP contribution in [0.1, 0.15) is 72.1 Å². The molecule has 0 amide bonds. The Balaban J connectivity index is 3.05. The summed E-state index contributed by atoms with van der Waals surface area (Å²) in [4.78, 5) is 12.1. The zero-order valence-corrected chi connectivity index (χ0v) is 16.7. The van der Waals surface area contributed by atoms with Crippen LogP contribution in [-0.2, 0) is 28.0 Å². The molecule has 0 fully saturated rings. The van der Waals surface area contributed by atoms with Crippen molar-refractivity contribution in [3.05, 3.63) is 47.0 Å². The van der Waals surface area contributed by atoms with Gasteiger partial charge in [-0.3, -0.25) is 4.79 Å². The highest BCUT2D eigenvalue weighted by atomic mass is 16.5. The number of allylic oxidation sites excluding steroid dienone is 1. The number of carbonyl (C=O) groups excluding carboxylic acids is 1. The lowest BCUT2D eigenvalue weighted by Crippen LogP contribution is -2.23. The first-order valence-electron chi connectivity index (χ1n) is 8.79. The highest BCUT2D eigenvalue weighted by Crippen LogP contribution is 2.29. The molecule has 0 saturated carbocycles. The van der Waals surface area contributed by atoms with Gasteiger partial charge >= 0.3 is 5.97 Å². The molecule has 0 atom stereocenters. The number of benzene rings is 1. The van der Waals surface area contributed by atoms with E-state index in [1.54, 1.807) is 0 Å². The van der Waals surface area contributed by atoms with Crippen molar-refractivity contribution in [1.82, 2.24) is 0 Å². The molecule has 0 aromatic heterocycles. The van der Waals surface area contributed by atoms with Crippen LogP contribution >= 0.6 is 0 Å². The number of rotatable bonds is 5. The summed E-state index contributed by atoms with van der Waals surface area (Å²) in [5.74, 6) is 0.315. The van der Waals surface area contributed by atoms with Crippen molar-refractivity contribution in [3.63, 3.8) is 0 Å². The SMILES string of the molecule is C=C(Cc1ccc(COC(=O)C(C)(C)C)c(C(C)(C)C)c1)C(C)C.